The maximum atomic E-state index is 5.43. The van der Waals surface area contributed by atoms with Crippen molar-refractivity contribution in [3.8, 4) is 11.5 Å². The molecule has 6 heteroatoms. The van der Waals surface area contributed by atoms with Crippen LogP contribution in [-0.4, -0.2) is 32.8 Å². The highest BCUT2D eigenvalue weighted by Gasteiger charge is 2.21. The first-order chi connectivity index (χ1) is 9.76. The molecule has 1 aliphatic rings. The van der Waals surface area contributed by atoms with Gasteiger partial charge in [0.1, 0.15) is 0 Å². The van der Waals surface area contributed by atoms with Gasteiger partial charge in [-0.1, -0.05) is 6.07 Å². The van der Waals surface area contributed by atoms with E-state index < -0.39 is 0 Å². The first-order valence-corrected chi connectivity index (χ1v) is 6.75. The van der Waals surface area contributed by atoms with Gasteiger partial charge >= 0.3 is 0 Å². The van der Waals surface area contributed by atoms with Crippen LogP contribution >= 0.6 is 0 Å². The summed E-state index contributed by atoms with van der Waals surface area (Å²) in [7, 11) is 3.26. The molecule has 0 spiro atoms. The van der Waals surface area contributed by atoms with E-state index >= 15 is 0 Å². The van der Waals surface area contributed by atoms with Crippen molar-refractivity contribution in [2.75, 3.05) is 20.8 Å². The average Bonchev–Trinajstić information content (AvgIpc) is 3.30. The summed E-state index contributed by atoms with van der Waals surface area (Å²) in [6.45, 7) is 0.661. The van der Waals surface area contributed by atoms with E-state index in [1.165, 1.54) is 12.8 Å². The Labute approximate surface area is 119 Å². The summed E-state index contributed by atoms with van der Waals surface area (Å²) in [5, 5.41) is 3.24. The van der Waals surface area contributed by atoms with E-state index in [1.807, 2.05) is 18.2 Å². The summed E-state index contributed by atoms with van der Waals surface area (Å²) < 4.78 is 10.5. The van der Waals surface area contributed by atoms with E-state index in [0.717, 1.165) is 23.5 Å². The summed E-state index contributed by atoms with van der Waals surface area (Å²) in [5.74, 6) is 7.57. The molecule has 0 amide bonds. The third-order valence-corrected chi connectivity index (χ3v) is 3.17. The van der Waals surface area contributed by atoms with Crippen molar-refractivity contribution >= 4 is 5.96 Å². The summed E-state index contributed by atoms with van der Waals surface area (Å²) >= 11 is 0. The first kappa shape index (κ1) is 14.5. The fourth-order valence-electron chi connectivity index (χ4n) is 1.89. The molecule has 1 aliphatic carbocycles. The van der Waals surface area contributed by atoms with Crippen LogP contribution in [0.15, 0.2) is 23.2 Å². The molecule has 0 heterocycles. The number of aliphatic imine (C=N–C) groups is 1. The van der Waals surface area contributed by atoms with Crippen molar-refractivity contribution in [1.29, 1.82) is 0 Å². The largest absolute Gasteiger partial charge is 0.493 e. The minimum atomic E-state index is 0.533. The van der Waals surface area contributed by atoms with Crippen molar-refractivity contribution in [3.05, 3.63) is 23.8 Å². The van der Waals surface area contributed by atoms with Crippen molar-refractivity contribution in [3.63, 3.8) is 0 Å². The topological polar surface area (TPSA) is 80.9 Å². The minimum Gasteiger partial charge on any atom is -0.493 e. The summed E-state index contributed by atoms with van der Waals surface area (Å²) in [6.07, 6.45) is 3.20. The molecule has 0 unspecified atom stereocenters. The van der Waals surface area contributed by atoms with E-state index in [0.29, 0.717) is 18.5 Å². The summed E-state index contributed by atoms with van der Waals surface area (Å²) in [5.41, 5.74) is 3.74. The molecule has 110 valence electrons. The molecule has 0 saturated heterocycles. The Morgan fingerprint density at radius 3 is 2.65 bits per heavy atom. The van der Waals surface area contributed by atoms with Gasteiger partial charge in [-0.15, -0.1) is 0 Å². The Hall–Kier alpha value is -1.95. The lowest BCUT2D eigenvalue weighted by atomic mass is 10.1. The molecule has 4 N–H and O–H groups in total. The van der Waals surface area contributed by atoms with E-state index in [-0.39, 0.29) is 0 Å². The van der Waals surface area contributed by atoms with Gasteiger partial charge in [0.15, 0.2) is 11.5 Å². The van der Waals surface area contributed by atoms with Crippen molar-refractivity contribution in [2.24, 2.45) is 10.8 Å². The predicted octanol–water partition coefficient (Wildman–Crippen LogP) is 0.818. The molecule has 0 atom stereocenters. The van der Waals surface area contributed by atoms with Gasteiger partial charge in [-0.05, 0) is 37.0 Å². The molecular formula is C14H22N4O2. The lowest BCUT2D eigenvalue weighted by Gasteiger charge is -2.10. The third-order valence-electron chi connectivity index (χ3n) is 3.17. The van der Waals surface area contributed by atoms with Crippen molar-refractivity contribution < 1.29 is 9.47 Å². The number of rotatable bonds is 6. The van der Waals surface area contributed by atoms with Crippen LogP contribution in [0.1, 0.15) is 18.4 Å². The van der Waals surface area contributed by atoms with Gasteiger partial charge < -0.3 is 14.8 Å². The van der Waals surface area contributed by atoms with Crippen LogP contribution in [0, 0.1) is 0 Å². The van der Waals surface area contributed by atoms with Crippen LogP contribution in [0.2, 0.25) is 0 Å². The van der Waals surface area contributed by atoms with E-state index in [4.69, 9.17) is 15.3 Å². The molecule has 1 aromatic carbocycles. The van der Waals surface area contributed by atoms with Crippen LogP contribution in [0.5, 0.6) is 11.5 Å². The number of ether oxygens (including phenoxy) is 2. The normalized spacial score (nSPS) is 14.8. The van der Waals surface area contributed by atoms with Gasteiger partial charge in [-0.3, -0.25) is 10.4 Å². The number of benzene rings is 1. The van der Waals surface area contributed by atoms with Gasteiger partial charge in [0.05, 0.1) is 14.2 Å². The molecular weight excluding hydrogens is 256 g/mol. The van der Waals surface area contributed by atoms with E-state index in [9.17, 15) is 0 Å². The van der Waals surface area contributed by atoms with Gasteiger partial charge in [0.2, 0.25) is 5.96 Å². The molecule has 1 aromatic rings. The van der Waals surface area contributed by atoms with Crippen LogP contribution in [0.3, 0.4) is 0 Å². The Bertz CT molecular complexity index is 472. The predicted molar refractivity (Wildman–Crippen MR) is 79.0 cm³/mol. The van der Waals surface area contributed by atoms with Gasteiger partial charge in [0, 0.05) is 12.6 Å². The highest BCUT2D eigenvalue weighted by atomic mass is 16.5. The Morgan fingerprint density at radius 2 is 2.05 bits per heavy atom. The number of methoxy groups -OCH3 is 2. The third kappa shape index (κ3) is 4.03. The Morgan fingerprint density at radius 1 is 1.30 bits per heavy atom. The van der Waals surface area contributed by atoms with E-state index in [1.54, 1.807) is 14.2 Å². The molecule has 0 bridgehead atoms. The fourth-order valence-corrected chi connectivity index (χ4v) is 1.89. The number of hydrogen-bond donors (Lipinski definition) is 3. The average molecular weight is 278 g/mol. The van der Waals surface area contributed by atoms with Crippen molar-refractivity contribution in [2.45, 2.75) is 25.3 Å². The number of nitrogens with zero attached hydrogens (tertiary/aromatic N) is 1. The summed E-state index contributed by atoms with van der Waals surface area (Å²) in [4.78, 5) is 4.41. The van der Waals surface area contributed by atoms with Crippen molar-refractivity contribution in [1.82, 2.24) is 10.7 Å². The number of nitrogens with two attached hydrogens (primary N) is 1. The molecule has 0 radical (unpaired) electrons. The number of guanidine groups is 1. The van der Waals surface area contributed by atoms with Crippen LogP contribution < -0.4 is 26.1 Å². The zero-order valence-corrected chi connectivity index (χ0v) is 12.0. The summed E-state index contributed by atoms with van der Waals surface area (Å²) in [6, 6.07) is 6.42. The maximum Gasteiger partial charge on any atom is 0.205 e. The van der Waals surface area contributed by atoms with Crippen LogP contribution in [0.4, 0.5) is 0 Å². The Balaban J connectivity index is 1.90. The Kier molecular flexibility index (Phi) is 5.06. The highest BCUT2D eigenvalue weighted by Crippen LogP contribution is 2.27. The van der Waals surface area contributed by atoms with Gasteiger partial charge in [0.25, 0.3) is 0 Å². The van der Waals surface area contributed by atoms with Gasteiger partial charge in [-0.2, -0.15) is 0 Å². The number of hydrazine groups is 1. The van der Waals surface area contributed by atoms with E-state index in [2.05, 4.69) is 15.7 Å². The molecule has 1 fully saturated rings. The zero-order valence-electron chi connectivity index (χ0n) is 12.0. The molecule has 2 rings (SSSR count). The smallest absolute Gasteiger partial charge is 0.205 e. The molecule has 0 aliphatic heterocycles. The second-order valence-electron chi connectivity index (χ2n) is 4.73. The number of nitrogens with one attached hydrogen (secondary N) is 2. The maximum absolute atomic E-state index is 5.43. The second-order valence-corrected chi connectivity index (χ2v) is 4.73. The minimum absolute atomic E-state index is 0.533. The SMILES string of the molecule is COc1ccc(CCN=C(NN)NC2CC2)cc1OC. The first-order valence-electron chi connectivity index (χ1n) is 6.75. The fraction of sp³-hybridized carbons (Fsp3) is 0.500. The second kappa shape index (κ2) is 7.00. The highest BCUT2D eigenvalue weighted by molar-refractivity contribution is 5.79. The van der Waals surface area contributed by atoms with Gasteiger partial charge in [-0.25, -0.2) is 5.84 Å². The molecule has 20 heavy (non-hydrogen) atoms. The molecule has 6 nitrogen and oxygen atoms in total. The zero-order chi connectivity index (χ0) is 14.4. The lowest BCUT2D eigenvalue weighted by molar-refractivity contribution is 0.354. The lowest BCUT2D eigenvalue weighted by Crippen LogP contribution is -2.42. The monoisotopic (exact) mass is 278 g/mol. The standard InChI is InChI=1S/C14H22N4O2/c1-19-12-6-3-10(9-13(12)20-2)7-8-16-14(18-15)17-11-4-5-11/h3,6,9,11H,4-5,7-8,15H2,1-2H3,(H2,16,17,18). The van der Waals surface area contributed by atoms with Crippen LogP contribution in [-0.2, 0) is 6.42 Å². The number of hydrogen-bond acceptors (Lipinski definition) is 4. The molecule has 1 saturated carbocycles. The molecule has 0 aromatic heterocycles. The quantitative estimate of drug-likeness (QED) is 0.311. The van der Waals surface area contributed by atoms with Crippen LogP contribution in [0.25, 0.3) is 0 Å².